The van der Waals surface area contributed by atoms with Crippen molar-refractivity contribution >= 4 is 0 Å². The van der Waals surface area contributed by atoms with Gasteiger partial charge in [-0.15, -0.1) is 0 Å². The Hall–Kier alpha value is -1.37. The van der Waals surface area contributed by atoms with Gasteiger partial charge in [-0.2, -0.15) is 5.26 Å². The van der Waals surface area contributed by atoms with Gasteiger partial charge in [0.15, 0.2) is 0 Å². The molecule has 0 bridgehead atoms. The van der Waals surface area contributed by atoms with Crippen molar-refractivity contribution in [3.05, 3.63) is 35.4 Å². The van der Waals surface area contributed by atoms with Crippen LogP contribution in [-0.4, -0.2) is 18.3 Å². The van der Waals surface area contributed by atoms with Crippen LogP contribution in [0.1, 0.15) is 31.4 Å². The monoisotopic (exact) mass is 245 g/mol. The Labute approximate surface area is 108 Å². The Balaban J connectivity index is 2.37. The van der Waals surface area contributed by atoms with Gasteiger partial charge in [0.1, 0.15) is 11.0 Å². The number of ether oxygens (including phenoxy) is 1. The SMILES string of the molecule is CCc1ccc(C(C)(O)C2(C#N)CCOC2)cc1. The van der Waals surface area contributed by atoms with Crippen LogP contribution in [0.4, 0.5) is 0 Å². The molecular weight excluding hydrogens is 226 g/mol. The summed E-state index contributed by atoms with van der Waals surface area (Å²) in [5.41, 5.74) is 0.000563. The molecule has 0 amide bonds. The van der Waals surface area contributed by atoms with E-state index in [0.29, 0.717) is 19.6 Å². The molecular formula is C15H19NO2. The zero-order valence-corrected chi connectivity index (χ0v) is 10.9. The Morgan fingerprint density at radius 3 is 2.56 bits per heavy atom. The first kappa shape index (κ1) is 13.1. The highest BCUT2D eigenvalue weighted by molar-refractivity contribution is 5.31. The molecule has 1 aromatic carbocycles. The average Bonchev–Trinajstić information content (AvgIpc) is 2.89. The summed E-state index contributed by atoms with van der Waals surface area (Å²) in [6.07, 6.45) is 1.54. The van der Waals surface area contributed by atoms with Crippen LogP contribution in [0, 0.1) is 16.7 Å². The standard InChI is InChI=1S/C15H19NO2/c1-3-12-4-6-13(7-5-12)14(2,17)15(10-16)8-9-18-11-15/h4-7,17H,3,8-9,11H2,1-2H3. The van der Waals surface area contributed by atoms with Gasteiger partial charge >= 0.3 is 0 Å². The molecule has 18 heavy (non-hydrogen) atoms. The summed E-state index contributed by atoms with van der Waals surface area (Å²) in [6.45, 7) is 4.64. The van der Waals surface area contributed by atoms with E-state index < -0.39 is 11.0 Å². The minimum absolute atomic E-state index is 0.298. The first-order valence-corrected chi connectivity index (χ1v) is 6.36. The lowest BCUT2D eigenvalue weighted by Crippen LogP contribution is -2.43. The first-order valence-electron chi connectivity index (χ1n) is 6.36. The van der Waals surface area contributed by atoms with Crippen molar-refractivity contribution in [2.24, 2.45) is 5.41 Å². The van der Waals surface area contributed by atoms with Crippen molar-refractivity contribution in [1.82, 2.24) is 0 Å². The highest BCUT2D eigenvalue weighted by Gasteiger charge is 2.51. The quantitative estimate of drug-likeness (QED) is 0.889. The third kappa shape index (κ3) is 1.92. The number of hydrogen-bond donors (Lipinski definition) is 1. The Morgan fingerprint density at radius 1 is 1.44 bits per heavy atom. The minimum atomic E-state index is -1.18. The maximum Gasteiger partial charge on any atom is 0.115 e. The van der Waals surface area contributed by atoms with E-state index in [4.69, 9.17) is 4.74 Å². The summed E-state index contributed by atoms with van der Waals surface area (Å²) in [5, 5.41) is 20.2. The topological polar surface area (TPSA) is 53.2 Å². The number of aryl methyl sites for hydroxylation is 1. The number of nitriles is 1. The lowest BCUT2D eigenvalue weighted by molar-refractivity contribution is -0.0481. The molecule has 1 fully saturated rings. The van der Waals surface area contributed by atoms with Gasteiger partial charge in [-0.3, -0.25) is 0 Å². The van der Waals surface area contributed by atoms with Gasteiger partial charge in [0.25, 0.3) is 0 Å². The fourth-order valence-corrected chi connectivity index (χ4v) is 2.49. The lowest BCUT2D eigenvalue weighted by Gasteiger charge is -2.36. The molecule has 0 aromatic heterocycles. The molecule has 1 aliphatic heterocycles. The summed E-state index contributed by atoms with van der Waals surface area (Å²) in [6, 6.07) is 10.1. The maximum absolute atomic E-state index is 10.8. The van der Waals surface area contributed by atoms with Crippen LogP contribution in [-0.2, 0) is 16.8 Å². The predicted molar refractivity (Wildman–Crippen MR) is 68.9 cm³/mol. The van der Waals surface area contributed by atoms with Gasteiger partial charge in [0.2, 0.25) is 0 Å². The molecule has 1 saturated heterocycles. The molecule has 96 valence electrons. The molecule has 1 aromatic rings. The van der Waals surface area contributed by atoms with Crippen molar-refractivity contribution < 1.29 is 9.84 Å². The van der Waals surface area contributed by atoms with Gasteiger partial charge in [0.05, 0.1) is 12.7 Å². The second kappa shape index (κ2) is 4.72. The summed E-state index contributed by atoms with van der Waals surface area (Å²) < 4.78 is 5.32. The summed E-state index contributed by atoms with van der Waals surface area (Å²) in [7, 11) is 0. The van der Waals surface area contributed by atoms with E-state index in [0.717, 1.165) is 12.0 Å². The molecule has 1 N–H and O–H groups in total. The third-order valence-corrected chi connectivity index (χ3v) is 4.09. The summed E-state index contributed by atoms with van der Waals surface area (Å²) >= 11 is 0. The van der Waals surface area contributed by atoms with E-state index in [-0.39, 0.29) is 0 Å². The predicted octanol–water partition coefficient (Wildman–Crippen LogP) is 2.39. The molecule has 0 saturated carbocycles. The zero-order chi connectivity index (χ0) is 13.2. The fraction of sp³-hybridized carbons (Fsp3) is 0.533. The molecule has 1 heterocycles. The average molecular weight is 245 g/mol. The number of nitrogens with zero attached hydrogens (tertiary/aromatic N) is 1. The van der Waals surface area contributed by atoms with Crippen LogP contribution < -0.4 is 0 Å². The molecule has 0 aliphatic carbocycles. The van der Waals surface area contributed by atoms with E-state index >= 15 is 0 Å². The summed E-state index contributed by atoms with van der Waals surface area (Å²) in [4.78, 5) is 0. The van der Waals surface area contributed by atoms with E-state index in [2.05, 4.69) is 13.0 Å². The van der Waals surface area contributed by atoms with E-state index in [1.807, 2.05) is 24.3 Å². The maximum atomic E-state index is 10.8. The highest BCUT2D eigenvalue weighted by atomic mass is 16.5. The van der Waals surface area contributed by atoms with Crippen molar-refractivity contribution in [1.29, 1.82) is 5.26 Å². The first-order chi connectivity index (χ1) is 8.55. The van der Waals surface area contributed by atoms with Gasteiger partial charge in [0, 0.05) is 6.61 Å². The van der Waals surface area contributed by atoms with E-state index in [1.54, 1.807) is 6.92 Å². The smallest absolute Gasteiger partial charge is 0.115 e. The second-order valence-electron chi connectivity index (χ2n) is 5.12. The Kier molecular flexibility index (Phi) is 3.43. The third-order valence-electron chi connectivity index (χ3n) is 4.09. The normalized spacial score (nSPS) is 26.6. The second-order valence-corrected chi connectivity index (χ2v) is 5.12. The fourth-order valence-electron chi connectivity index (χ4n) is 2.49. The van der Waals surface area contributed by atoms with Gasteiger partial charge in [-0.25, -0.2) is 0 Å². The van der Waals surface area contributed by atoms with E-state index in [9.17, 15) is 10.4 Å². The number of hydrogen-bond acceptors (Lipinski definition) is 3. The molecule has 2 atom stereocenters. The molecule has 1 aliphatic rings. The molecule has 3 heteroatoms. The molecule has 2 rings (SSSR count). The van der Waals surface area contributed by atoms with Crippen LogP contribution in [0.3, 0.4) is 0 Å². The summed E-state index contributed by atoms with van der Waals surface area (Å²) in [5.74, 6) is 0. The van der Waals surface area contributed by atoms with Crippen molar-refractivity contribution in [2.45, 2.75) is 32.3 Å². The lowest BCUT2D eigenvalue weighted by atomic mass is 9.69. The van der Waals surface area contributed by atoms with Crippen LogP contribution in [0.15, 0.2) is 24.3 Å². The van der Waals surface area contributed by atoms with Gasteiger partial charge in [-0.1, -0.05) is 31.2 Å². The minimum Gasteiger partial charge on any atom is -0.384 e. The van der Waals surface area contributed by atoms with Crippen molar-refractivity contribution in [2.75, 3.05) is 13.2 Å². The Morgan fingerprint density at radius 2 is 2.11 bits per heavy atom. The largest absolute Gasteiger partial charge is 0.384 e. The van der Waals surface area contributed by atoms with Crippen molar-refractivity contribution in [3.8, 4) is 6.07 Å². The number of rotatable bonds is 3. The van der Waals surface area contributed by atoms with Crippen molar-refractivity contribution in [3.63, 3.8) is 0 Å². The van der Waals surface area contributed by atoms with Gasteiger partial charge in [-0.05, 0) is 30.9 Å². The number of aliphatic hydroxyl groups is 1. The van der Waals surface area contributed by atoms with Crippen LogP contribution in [0.25, 0.3) is 0 Å². The molecule has 3 nitrogen and oxygen atoms in total. The Bertz CT molecular complexity index is 450. The molecule has 0 spiro atoms. The molecule has 2 unspecified atom stereocenters. The van der Waals surface area contributed by atoms with Gasteiger partial charge < -0.3 is 9.84 Å². The van der Waals surface area contributed by atoms with Crippen LogP contribution >= 0.6 is 0 Å². The number of benzene rings is 1. The zero-order valence-electron chi connectivity index (χ0n) is 10.9. The van der Waals surface area contributed by atoms with Crippen LogP contribution in [0.2, 0.25) is 0 Å². The van der Waals surface area contributed by atoms with Crippen LogP contribution in [0.5, 0.6) is 0 Å². The molecule has 0 radical (unpaired) electrons. The highest BCUT2D eigenvalue weighted by Crippen LogP contribution is 2.45. The van der Waals surface area contributed by atoms with E-state index in [1.165, 1.54) is 5.56 Å².